The summed E-state index contributed by atoms with van der Waals surface area (Å²) in [6.45, 7) is 9.77. The van der Waals surface area contributed by atoms with Gasteiger partial charge >= 0.3 is 12.1 Å². The van der Waals surface area contributed by atoms with Gasteiger partial charge in [-0.25, -0.2) is 4.79 Å². The molecule has 0 aromatic heterocycles. The van der Waals surface area contributed by atoms with E-state index in [0.717, 1.165) is 16.1 Å². The number of esters is 1. The topological polar surface area (TPSA) is 73.9 Å². The maximum Gasteiger partial charge on any atom is 0.407 e. The number of amides is 1. The van der Waals surface area contributed by atoms with E-state index < -0.39 is 25.1 Å². The van der Waals surface area contributed by atoms with E-state index in [-0.39, 0.29) is 5.97 Å². The maximum absolute atomic E-state index is 13.0. The van der Waals surface area contributed by atoms with Gasteiger partial charge in [0.2, 0.25) is 0 Å². The average molecular weight is 486 g/mol. The average Bonchev–Trinajstić information content (AvgIpc) is 2.66. The second-order valence-corrected chi connectivity index (χ2v) is 15.4. The van der Waals surface area contributed by atoms with E-state index in [9.17, 15) is 9.59 Å². The lowest BCUT2D eigenvalue weighted by atomic mass is 9.62. The fourth-order valence-electron chi connectivity index (χ4n) is 3.78. The molecule has 1 saturated heterocycles. The quantitative estimate of drug-likeness (QED) is 0.447. The minimum Gasteiger partial charge on any atom is -0.469 e. The lowest BCUT2D eigenvalue weighted by Gasteiger charge is -2.48. The molecule has 1 aromatic carbocycles. The van der Waals surface area contributed by atoms with Crippen LogP contribution < -0.4 is 5.32 Å². The van der Waals surface area contributed by atoms with Crippen molar-refractivity contribution in [3.8, 4) is 0 Å². The van der Waals surface area contributed by atoms with E-state index in [1.54, 1.807) is 0 Å². The van der Waals surface area contributed by atoms with Crippen molar-refractivity contribution in [2.24, 2.45) is 5.41 Å². The van der Waals surface area contributed by atoms with Crippen molar-refractivity contribution >= 4 is 36.1 Å². The highest BCUT2D eigenvalue weighted by atomic mass is 79.9. The van der Waals surface area contributed by atoms with E-state index in [2.05, 4.69) is 40.9 Å². The number of methoxy groups -OCH3 is 1. The molecule has 1 aliphatic rings. The van der Waals surface area contributed by atoms with Crippen molar-refractivity contribution in [2.45, 2.75) is 51.0 Å². The molecule has 1 heterocycles. The fourth-order valence-corrected chi connectivity index (χ4v) is 4.89. The van der Waals surface area contributed by atoms with Crippen LogP contribution in [0, 0.1) is 5.41 Å². The number of rotatable bonds is 7. The Labute approximate surface area is 182 Å². The highest BCUT2D eigenvalue weighted by Crippen LogP contribution is 2.48. The van der Waals surface area contributed by atoms with Crippen molar-refractivity contribution in [3.05, 3.63) is 34.3 Å². The summed E-state index contributed by atoms with van der Waals surface area (Å²) in [5, 5.41) is 3.03. The van der Waals surface area contributed by atoms with Crippen LogP contribution in [-0.2, 0) is 24.5 Å². The first-order chi connectivity index (χ1) is 13.5. The molecule has 1 unspecified atom stereocenters. The van der Waals surface area contributed by atoms with E-state index in [0.29, 0.717) is 32.7 Å². The number of carbonyl (C=O) groups is 2. The number of alkyl carbamates (subject to hydrolysis) is 1. The molecule has 1 aromatic rings. The normalized spacial score (nSPS) is 18.4. The third kappa shape index (κ3) is 5.61. The molecule has 0 spiro atoms. The number of hydrogen-bond acceptors (Lipinski definition) is 5. The first-order valence-electron chi connectivity index (χ1n) is 9.91. The Balaban J connectivity index is 2.40. The number of nitrogens with one attached hydrogen (secondary N) is 1. The molecule has 162 valence electrons. The summed E-state index contributed by atoms with van der Waals surface area (Å²) < 4.78 is 17.1. The number of benzene rings is 1. The Morgan fingerprint density at radius 1 is 1.28 bits per heavy atom. The SMILES string of the molecule is COC(=O)C1(C(C)(NC(=O)OCC[Si](C)(C)C)c2cccc(Br)c2)CCOCC1. The summed E-state index contributed by atoms with van der Waals surface area (Å²) in [6, 6.07) is 8.50. The molecular weight excluding hydrogens is 454 g/mol. The van der Waals surface area contributed by atoms with Crippen LogP contribution in [0.2, 0.25) is 25.7 Å². The van der Waals surface area contributed by atoms with Crippen molar-refractivity contribution in [3.63, 3.8) is 0 Å². The molecule has 8 heteroatoms. The number of ether oxygens (including phenoxy) is 3. The highest BCUT2D eigenvalue weighted by molar-refractivity contribution is 9.10. The van der Waals surface area contributed by atoms with Gasteiger partial charge in [0, 0.05) is 25.8 Å². The molecule has 1 N–H and O–H groups in total. The smallest absolute Gasteiger partial charge is 0.407 e. The maximum atomic E-state index is 13.0. The molecule has 6 nitrogen and oxygen atoms in total. The van der Waals surface area contributed by atoms with Gasteiger partial charge in [0.15, 0.2) is 0 Å². The third-order valence-corrected chi connectivity index (χ3v) is 7.92. The molecule has 0 bridgehead atoms. The molecule has 1 amide bonds. The molecule has 2 rings (SSSR count). The van der Waals surface area contributed by atoms with Crippen LogP contribution in [0.25, 0.3) is 0 Å². The molecule has 1 atom stereocenters. The second kappa shape index (κ2) is 9.62. The van der Waals surface area contributed by atoms with Crippen LogP contribution in [0.4, 0.5) is 4.79 Å². The van der Waals surface area contributed by atoms with Crippen molar-refractivity contribution in [1.29, 1.82) is 0 Å². The van der Waals surface area contributed by atoms with Gasteiger partial charge in [-0.1, -0.05) is 47.7 Å². The standard InChI is InChI=1S/C21H32BrNO5Si/c1-20(16-7-6-8-17(22)15-16,23-19(25)28-13-14-29(3,4)5)21(18(24)26-2)9-11-27-12-10-21/h6-8,15H,9-14H2,1-5H3,(H,23,25). The summed E-state index contributed by atoms with van der Waals surface area (Å²) in [7, 11) is 0.0554. The van der Waals surface area contributed by atoms with Crippen LogP contribution in [0.15, 0.2) is 28.7 Å². The van der Waals surface area contributed by atoms with Crippen molar-refractivity contribution in [1.82, 2.24) is 5.32 Å². The monoisotopic (exact) mass is 485 g/mol. The summed E-state index contributed by atoms with van der Waals surface area (Å²) >= 11 is 3.50. The van der Waals surface area contributed by atoms with Gasteiger partial charge in [-0.2, -0.15) is 0 Å². The van der Waals surface area contributed by atoms with Gasteiger partial charge in [-0.05, 0) is 43.5 Å². The van der Waals surface area contributed by atoms with E-state index in [4.69, 9.17) is 14.2 Å². The summed E-state index contributed by atoms with van der Waals surface area (Å²) in [5.74, 6) is -0.356. The first kappa shape index (κ1) is 23.9. The minimum absolute atomic E-state index is 0.356. The van der Waals surface area contributed by atoms with Gasteiger partial charge in [0.25, 0.3) is 0 Å². The molecule has 1 fully saturated rings. The van der Waals surface area contributed by atoms with E-state index in [1.807, 2.05) is 31.2 Å². The third-order valence-electron chi connectivity index (χ3n) is 5.72. The van der Waals surface area contributed by atoms with Crippen molar-refractivity contribution < 1.29 is 23.8 Å². The Hall–Kier alpha value is -1.38. The predicted molar refractivity (Wildman–Crippen MR) is 119 cm³/mol. The van der Waals surface area contributed by atoms with Gasteiger partial charge in [-0.15, -0.1) is 0 Å². The zero-order valence-corrected chi connectivity index (χ0v) is 20.6. The van der Waals surface area contributed by atoms with Crippen LogP contribution in [0.1, 0.15) is 25.3 Å². The second-order valence-electron chi connectivity index (χ2n) is 8.89. The lowest BCUT2D eigenvalue weighted by Crippen LogP contribution is -2.61. The molecule has 0 radical (unpaired) electrons. The zero-order chi connectivity index (χ0) is 21.7. The Morgan fingerprint density at radius 2 is 1.93 bits per heavy atom. The fraction of sp³-hybridized carbons (Fsp3) is 0.619. The van der Waals surface area contributed by atoms with Crippen molar-refractivity contribution in [2.75, 3.05) is 26.9 Å². The zero-order valence-electron chi connectivity index (χ0n) is 18.0. The Morgan fingerprint density at radius 3 is 2.48 bits per heavy atom. The van der Waals surface area contributed by atoms with E-state index >= 15 is 0 Å². The van der Waals surface area contributed by atoms with Crippen LogP contribution in [0.3, 0.4) is 0 Å². The minimum atomic E-state index is -1.33. The van der Waals surface area contributed by atoms with Crippen LogP contribution in [-0.4, -0.2) is 47.1 Å². The van der Waals surface area contributed by atoms with Gasteiger partial charge in [0.1, 0.15) is 0 Å². The first-order valence-corrected chi connectivity index (χ1v) is 14.4. The number of carbonyl (C=O) groups excluding carboxylic acids is 2. The predicted octanol–water partition coefficient (Wildman–Crippen LogP) is 4.70. The Kier molecular flexibility index (Phi) is 7.92. The molecule has 0 saturated carbocycles. The summed E-state index contributed by atoms with van der Waals surface area (Å²) in [6.07, 6.45) is 0.357. The van der Waals surface area contributed by atoms with Gasteiger partial charge < -0.3 is 19.5 Å². The number of halogens is 1. The van der Waals surface area contributed by atoms with Gasteiger partial charge in [-0.3, -0.25) is 4.79 Å². The van der Waals surface area contributed by atoms with Crippen LogP contribution >= 0.6 is 15.9 Å². The largest absolute Gasteiger partial charge is 0.469 e. The molecular formula is C21H32BrNO5Si. The lowest BCUT2D eigenvalue weighted by molar-refractivity contribution is -0.167. The highest BCUT2D eigenvalue weighted by Gasteiger charge is 2.57. The summed E-state index contributed by atoms with van der Waals surface area (Å²) in [4.78, 5) is 25.8. The van der Waals surface area contributed by atoms with Crippen LogP contribution in [0.5, 0.6) is 0 Å². The molecule has 29 heavy (non-hydrogen) atoms. The van der Waals surface area contributed by atoms with Gasteiger partial charge in [0.05, 0.1) is 24.7 Å². The molecule has 0 aliphatic carbocycles. The Bertz CT molecular complexity index is 730. The van der Waals surface area contributed by atoms with E-state index in [1.165, 1.54) is 7.11 Å². The molecule has 1 aliphatic heterocycles. The number of hydrogen-bond donors (Lipinski definition) is 1. The summed E-state index contributed by atoms with van der Waals surface area (Å²) in [5.41, 5.74) is -1.18.